The first-order valence-corrected chi connectivity index (χ1v) is 9.42. The molecule has 1 aromatic rings. The first-order valence-electron chi connectivity index (χ1n) is 7.98. The third-order valence-electron chi connectivity index (χ3n) is 4.23. The molecule has 0 spiro atoms. The zero-order valence-corrected chi connectivity index (χ0v) is 14.8. The molecule has 2 N–H and O–H groups in total. The summed E-state index contributed by atoms with van der Waals surface area (Å²) in [7, 11) is -0.00479. The van der Waals surface area contributed by atoms with Crippen molar-refractivity contribution in [2.45, 2.75) is 37.1 Å². The summed E-state index contributed by atoms with van der Waals surface area (Å²) >= 11 is 0. The predicted octanol–water partition coefficient (Wildman–Crippen LogP) is 0.537. The number of nitrogens with zero attached hydrogens (tertiary/aromatic N) is 2. The van der Waals surface area contributed by atoms with E-state index in [1.165, 1.54) is 16.6 Å². The van der Waals surface area contributed by atoms with Gasteiger partial charge in [0.25, 0.3) is 5.91 Å². The Bertz CT molecular complexity index is 648. The summed E-state index contributed by atoms with van der Waals surface area (Å²) in [6, 6.07) is 1.61. The van der Waals surface area contributed by atoms with Crippen LogP contribution in [0.3, 0.4) is 0 Å². The SMILES string of the molecule is CNC(C)CNC(=O)c1cc(S(=O)(=O)N2CCCCC2)cn1C. The standard InChI is InChI=1S/C15H26N4O3S/c1-12(16-2)10-17-15(20)14-9-13(11-18(14)3)23(21,22)19-7-5-4-6-8-19/h9,11-12,16H,4-8,10H2,1-3H3,(H,17,20). The molecular weight excluding hydrogens is 316 g/mol. The molecule has 1 amide bonds. The highest BCUT2D eigenvalue weighted by molar-refractivity contribution is 7.89. The van der Waals surface area contributed by atoms with Crippen LogP contribution >= 0.6 is 0 Å². The Labute approximate surface area is 138 Å². The largest absolute Gasteiger partial charge is 0.349 e. The second-order valence-corrected chi connectivity index (χ2v) is 7.97. The van der Waals surface area contributed by atoms with Crippen molar-refractivity contribution < 1.29 is 13.2 Å². The topological polar surface area (TPSA) is 83.4 Å². The Kier molecular flexibility index (Phi) is 5.83. The Balaban J connectivity index is 2.15. The molecule has 1 saturated heterocycles. The number of hydrogen-bond donors (Lipinski definition) is 2. The molecule has 1 fully saturated rings. The normalized spacial score (nSPS) is 17.9. The van der Waals surface area contributed by atoms with Gasteiger partial charge in [0.2, 0.25) is 10.0 Å². The van der Waals surface area contributed by atoms with Crippen LogP contribution < -0.4 is 10.6 Å². The molecule has 1 atom stereocenters. The molecule has 0 aliphatic carbocycles. The third kappa shape index (κ3) is 4.13. The molecule has 1 unspecified atom stereocenters. The zero-order chi connectivity index (χ0) is 17.0. The molecular formula is C15H26N4O3S. The molecule has 0 saturated carbocycles. The average Bonchev–Trinajstić information content (AvgIpc) is 2.95. The lowest BCUT2D eigenvalue weighted by atomic mass is 10.2. The van der Waals surface area contributed by atoms with Gasteiger partial charge in [-0.3, -0.25) is 4.79 Å². The number of likely N-dealkylation sites (N-methyl/N-ethyl adjacent to an activating group) is 1. The smallest absolute Gasteiger partial charge is 0.267 e. The van der Waals surface area contributed by atoms with Crippen molar-refractivity contribution in [3.63, 3.8) is 0 Å². The maximum absolute atomic E-state index is 12.7. The lowest BCUT2D eigenvalue weighted by Gasteiger charge is -2.25. The lowest BCUT2D eigenvalue weighted by Crippen LogP contribution is -2.37. The quantitative estimate of drug-likeness (QED) is 0.790. The Hall–Kier alpha value is -1.38. The second-order valence-electron chi connectivity index (χ2n) is 6.04. The van der Waals surface area contributed by atoms with E-state index >= 15 is 0 Å². The minimum Gasteiger partial charge on any atom is -0.349 e. The first kappa shape index (κ1) is 18.0. The van der Waals surface area contributed by atoms with Crippen LogP contribution in [0.15, 0.2) is 17.2 Å². The number of hydrogen-bond acceptors (Lipinski definition) is 4. The van der Waals surface area contributed by atoms with Gasteiger partial charge in [-0.2, -0.15) is 4.31 Å². The Morgan fingerprint density at radius 1 is 1.30 bits per heavy atom. The molecule has 0 aromatic carbocycles. The highest BCUT2D eigenvalue weighted by atomic mass is 32.2. The number of carbonyl (C=O) groups is 1. The van der Waals surface area contributed by atoms with Gasteiger partial charge in [0, 0.05) is 38.9 Å². The number of amides is 1. The van der Waals surface area contributed by atoms with Crippen LogP contribution in [0, 0.1) is 0 Å². The highest BCUT2D eigenvalue weighted by Gasteiger charge is 2.28. The molecule has 7 nitrogen and oxygen atoms in total. The summed E-state index contributed by atoms with van der Waals surface area (Å²) in [5.41, 5.74) is 0.351. The number of sulfonamides is 1. The maximum Gasteiger partial charge on any atom is 0.267 e. The van der Waals surface area contributed by atoms with Crippen LogP contribution in [0.5, 0.6) is 0 Å². The van der Waals surface area contributed by atoms with E-state index in [2.05, 4.69) is 10.6 Å². The molecule has 130 valence electrons. The first-order chi connectivity index (χ1) is 10.9. The number of carbonyl (C=O) groups excluding carboxylic acids is 1. The van der Waals surface area contributed by atoms with E-state index < -0.39 is 10.0 Å². The monoisotopic (exact) mass is 342 g/mol. The molecule has 1 aliphatic rings. The van der Waals surface area contributed by atoms with Crippen molar-refractivity contribution in [1.82, 2.24) is 19.5 Å². The lowest BCUT2D eigenvalue weighted by molar-refractivity contribution is 0.0942. The number of nitrogens with one attached hydrogen (secondary N) is 2. The van der Waals surface area contributed by atoms with Gasteiger partial charge in [-0.25, -0.2) is 8.42 Å². The van der Waals surface area contributed by atoms with E-state index in [0.29, 0.717) is 25.3 Å². The van der Waals surface area contributed by atoms with Crippen LogP contribution in [-0.2, 0) is 17.1 Å². The van der Waals surface area contributed by atoms with Gasteiger partial charge in [-0.05, 0) is 32.9 Å². The fourth-order valence-corrected chi connectivity index (χ4v) is 4.18. The fraction of sp³-hybridized carbons (Fsp3) is 0.667. The summed E-state index contributed by atoms with van der Waals surface area (Å²) in [6.45, 7) is 3.54. The molecule has 23 heavy (non-hydrogen) atoms. The predicted molar refractivity (Wildman–Crippen MR) is 88.9 cm³/mol. The van der Waals surface area contributed by atoms with Gasteiger partial charge < -0.3 is 15.2 Å². The van der Waals surface area contributed by atoms with Gasteiger partial charge in [0.05, 0.1) is 0 Å². The van der Waals surface area contributed by atoms with E-state index in [1.807, 2.05) is 14.0 Å². The summed E-state index contributed by atoms with van der Waals surface area (Å²) < 4.78 is 28.4. The van der Waals surface area contributed by atoms with Crippen LogP contribution in [-0.4, -0.2) is 55.9 Å². The minimum atomic E-state index is -3.51. The maximum atomic E-state index is 12.7. The van der Waals surface area contributed by atoms with Crippen molar-refractivity contribution in [2.75, 3.05) is 26.7 Å². The number of piperidine rings is 1. The van der Waals surface area contributed by atoms with Crippen molar-refractivity contribution in [1.29, 1.82) is 0 Å². The highest BCUT2D eigenvalue weighted by Crippen LogP contribution is 2.22. The number of aromatic nitrogens is 1. The van der Waals surface area contributed by atoms with Crippen LogP contribution in [0.4, 0.5) is 0 Å². The van der Waals surface area contributed by atoms with E-state index in [9.17, 15) is 13.2 Å². The summed E-state index contributed by atoms with van der Waals surface area (Å²) in [5, 5.41) is 5.84. The summed E-state index contributed by atoms with van der Waals surface area (Å²) in [6.07, 6.45) is 4.36. The van der Waals surface area contributed by atoms with E-state index in [0.717, 1.165) is 19.3 Å². The average molecular weight is 342 g/mol. The molecule has 1 aromatic heterocycles. The van der Waals surface area contributed by atoms with Crippen molar-refractivity contribution in [2.24, 2.45) is 7.05 Å². The van der Waals surface area contributed by atoms with E-state index in [-0.39, 0.29) is 16.8 Å². The van der Waals surface area contributed by atoms with E-state index in [4.69, 9.17) is 0 Å². The summed E-state index contributed by atoms with van der Waals surface area (Å²) in [5.74, 6) is -0.269. The summed E-state index contributed by atoms with van der Waals surface area (Å²) in [4.78, 5) is 12.4. The molecule has 8 heteroatoms. The van der Waals surface area contributed by atoms with Crippen LogP contribution in [0.1, 0.15) is 36.7 Å². The van der Waals surface area contributed by atoms with Crippen molar-refractivity contribution in [3.05, 3.63) is 18.0 Å². The van der Waals surface area contributed by atoms with Crippen molar-refractivity contribution >= 4 is 15.9 Å². The second kappa shape index (κ2) is 7.46. The van der Waals surface area contributed by atoms with Gasteiger partial charge in [0.15, 0.2) is 0 Å². The fourth-order valence-electron chi connectivity index (χ4n) is 2.59. The zero-order valence-electron chi connectivity index (χ0n) is 14.0. The number of rotatable bonds is 6. The van der Waals surface area contributed by atoms with Gasteiger partial charge in [0.1, 0.15) is 10.6 Å². The van der Waals surface area contributed by atoms with E-state index in [1.54, 1.807) is 11.6 Å². The van der Waals surface area contributed by atoms with Crippen LogP contribution in [0.25, 0.3) is 0 Å². The van der Waals surface area contributed by atoms with Crippen LogP contribution in [0.2, 0.25) is 0 Å². The molecule has 2 rings (SSSR count). The van der Waals surface area contributed by atoms with Gasteiger partial charge in [-0.1, -0.05) is 6.42 Å². The molecule has 2 heterocycles. The van der Waals surface area contributed by atoms with Gasteiger partial charge in [-0.15, -0.1) is 0 Å². The van der Waals surface area contributed by atoms with Crippen molar-refractivity contribution in [3.8, 4) is 0 Å². The Morgan fingerprint density at radius 3 is 2.57 bits per heavy atom. The van der Waals surface area contributed by atoms with Gasteiger partial charge >= 0.3 is 0 Å². The minimum absolute atomic E-state index is 0.149. The Morgan fingerprint density at radius 2 is 1.96 bits per heavy atom. The third-order valence-corrected chi connectivity index (χ3v) is 6.09. The molecule has 1 aliphatic heterocycles. The number of aryl methyl sites for hydroxylation is 1. The molecule has 0 radical (unpaired) electrons. The molecule has 0 bridgehead atoms.